The van der Waals surface area contributed by atoms with E-state index in [0.29, 0.717) is 19.3 Å². The van der Waals surface area contributed by atoms with Crippen molar-refractivity contribution < 1.29 is 28.0 Å². The number of carbonyl (C=O) groups excluding carboxylic acids is 1. The standard InChI is InChI=1S/C40H79NO6S/c1-3-5-7-9-11-13-15-16-17-18-19-20-21-22-23-24-25-27-28-30-32-34-38(42)37(36-48(45,46)47)41-40(44)39(43)35-33-31-29-26-14-12-10-8-6-4-2/h10,12,37-39,42-43H,3-9,11,13-36H2,1-2H3,(H,41,44)(H,45,46,47)/b12-10-. The first-order valence-electron chi connectivity index (χ1n) is 20.5. The molecule has 0 aromatic heterocycles. The summed E-state index contributed by atoms with van der Waals surface area (Å²) in [6, 6.07) is -1.15. The van der Waals surface area contributed by atoms with Crippen LogP contribution in [0, 0.1) is 0 Å². The van der Waals surface area contributed by atoms with Gasteiger partial charge in [-0.05, 0) is 32.1 Å². The molecule has 1 amide bonds. The Morgan fingerprint density at radius 1 is 0.542 bits per heavy atom. The molecule has 7 nitrogen and oxygen atoms in total. The first-order chi connectivity index (χ1) is 23.2. The van der Waals surface area contributed by atoms with Crippen LogP contribution in [0.25, 0.3) is 0 Å². The fraction of sp³-hybridized carbons (Fsp3) is 0.925. The van der Waals surface area contributed by atoms with Crippen molar-refractivity contribution in [2.75, 3.05) is 5.75 Å². The van der Waals surface area contributed by atoms with Crippen molar-refractivity contribution in [3.63, 3.8) is 0 Å². The minimum Gasteiger partial charge on any atom is -0.391 e. The molecule has 0 aliphatic rings. The van der Waals surface area contributed by atoms with Gasteiger partial charge in [-0.2, -0.15) is 8.42 Å². The molecule has 48 heavy (non-hydrogen) atoms. The smallest absolute Gasteiger partial charge is 0.266 e. The third-order valence-corrected chi connectivity index (χ3v) is 10.4. The molecule has 0 saturated heterocycles. The largest absolute Gasteiger partial charge is 0.391 e. The van der Waals surface area contributed by atoms with Gasteiger partial charge >= 0.3 is 0 Å². The van der Waals surface area contributed by atoms with Crippen LogP contribution >= 0.6 is 0 Å². The lowest BCUT2D eigenvalue weighted by Gasteiger charge is -2.24. The van der Waals surface area contributed by atoms with Gasteiger partial charge in [0.25, 0.3) is 10.1 Å². The number of unbranched alkanes of at least 4 members (excludes halogenated alkanes) is 26. The number of nitrogens with one attached hydrogen (secondary N) is 1. The Bertz CT molecular complexity index is 834. The van der Waals surface area contributed by atoms with E-state index in [2.05, 4.69) is 31.3 Å². The maximum absolute atomic E-state index is 12.5. The second-order valence-electron chi connectivity index (χ2n) is 14.4. The highest BCUT2D eigenvalue weighted by Gasteiger charge is 2.28. The predicted molar refractivity (Wildman–Crippen MR) is 204 cm³/mol. The fourth-order valence-corrected chi connectivity index (χ4v) is 7.14. The van der Waals surface area contributed by atoms with Crippen LogP contribution in [0.5, 0.6) is 0 Å². The van der Waals surface area contributed by atoms with Crippen LogP contribution in [0.3, 0.4) is 0 Å². The van der Waals surface area contributed by atoms with Crippen molar-refractivity contribution >= 4 is 16.0 Å². The molecule has 0 radical (unpaired) electrons. The third-order valence-electron chi connectivity index (χ3n) is 9.58. The zero-order valence-electron chi connectivity index (χ0n) is 31.5. The maximum atomic E-state index is 12.5. The van der Waals surface area contributed by atoms with Gasteiger partial charge in [0.05, 0.1) is 17.9 Å². The number of aliphatic hydroxyl groups excluding tert-OH is 2. The predicted octanol–water partition coefficient (Wildman–Crippen LogP) is 10.8. The van der Waals surface area contributed by atoms with Crippen LogP contribution in [-0.2, 0) is 14.9 Å². The molecule has 3 unspecified atom stereocenters. The number of carbonyl (C=O) groups is 1. The highest BCUT2D eigenvalue weighted by molar-refractivity contribution is 7.85. The van der Waals surface area contributed by atoms with Gasteiger partial charge in [-0.1, -0.05) is 193 Å². The van der Waals surface area contributed by atoms with E-state index in [1.54, 1.807) is 0 Å². The molecule has 0 bridgehead atoms. The molecule has 0 aliphatic heterocycles. The molecule has 0 spiro atoms. The molecular formula is C40H79NO6S. The molecular weight excluding hydrogens is 623 g/mol. The monoisotopic (exact) mass is 702 g/mol. The Morgan fingerprint density at radius 2 is 0.896 bits per heavy atom. The minimum absolute atomic E-state index is 0.284. The summed E-state index contributed by atoms with van der Waals surface area (Å²) < 4.78 is 32.5. The molecule has 8 heteroatoms. The number of hydrogen-bond acceptors (Lipinski definition) is 5. The van der Waals surface area contributed by atoms with Gasteiger partial charge in [-0.15, -0.1) is 0 Å². The van der Waals surface area contributed by atoms with E-state index in [1.807, 2.05) is 0 Å². The highest BCUT2D eigenvalue weighted by Crippen LogP contribution is 2.17. The van der Waals surface area contributed by atoms with Crippen molar-refractivity contribution in [1.82, 2.24) is 5.32 Å². The van der Waals surface area contributed by atoms with Gasteiger partial charge in [-0.25, -0.2) is 0 Å². The summed E-state index contributed by atoms with van der Waals surface area (Å²) in [5.41, 5.74) is 0. The van der Waals surface area contributed by atoms with E-state index in [9.17, 15) is 28.0 Å². The van der Waals surface area contributed by atoms with E-state index in [4.69, 9.17) is 0 Å². The summed E-state index contributed by atoms with van der Waals surface area (Å²) >= 11 is 0. The molecule has 4 N–H and O–H groups in total. The summed E-state index contributed by atoms with van der Waals surface area (Å²) in [5, 5.41) is 23.4. The molecule has 0 aliphatic carbocycles. The van der Waals surface area contributed by atoms with E-state index < -0.39 is 40.0 Å². The summed E-state index contributed by atoms with van der Waals surface area (Å²) in [7, 11) is -4.40. The van der Waals surface area contributed by atoms with Crippen LogP contribution < -0.4 is 5.32 Å². The summed E-state index contributed by atoms with van der Waals surface area (Å²) in [4.78, 5) is 12.5. The molecule has 0 aromatic rings. The van der Waals surface area contributed by atoms with Gasteiger partial charge in [0, 0.05) is 0 Å². The highest BCUT2D eigenvalue weighted by atomic mass is 32.2. The van der Waals surface area contributed by atoms with Crippen molar-refractivity contribution in [2.45, 2.75) is 231 Å². The summed E-state index contributed by atoms with van der Waals surface area (Å²) in [6.45, 7) is 4.46. The van der Waals surface area contributed by atoms with Crippen LogP contribution in [0.2, 0.25) is 0 Å². The van der Waals surface area contributed by atoms with Crippen molar-refractivity contribution in [3.8, 4) is 0 Å². The molecule has 3 atom stereocenters. The number of rotatable bonds is 37. The van der Waals surface area contributed by atoms with Crippen molar-refractivity contribution in [1.29, 1.82) is 0 Å². The van der Waals surface area contributed by atoms with E-state index in [-0.39, 0.29) is 6.42 Å². The Balaban J connectivity index is 3.89. The first kappa shape index (κ1) is 47.0. The number of aliphatic hydroxyl groups is 2. The molecule has 0 rings (SSSR count). The van der Waals surface area contributed by atoms with Gasteiger partial charge < -0.3 is 15.5 Å². The average Bonchev–Trinajstić information content (AvgIpc) is 3.05. The van der Waals surface area contributed by atoms with Crippen LogP contribution in [0.1, 0.15) is 213 Å². The quantitative estimate of drug-likeness (QED) is 0.0290. The minimum atomic E-state index is -4.40. The SMILES string of the molecule is CCCC/C=C\CCCCCCC(O)C(=O)NC(CS(=O)(=O)O)C(O)CCCCCCCCCCCCCCCCCCCCCCC. The molecule has 0 saturated carbocycles. The normalized spacial score (nSPS) is 14.0. The van der Waals surface area contributed by atoms with Gasteiger partial charge in [0.2, 0.25) is 5.91 Å². The fourth-order valence-electron chi connectivity index (χ4n) is 6.38. The summed E-state index contributed by atoms with van der Waals surface area (Å²) in [5.74, 6) is -1.46. The van der Waals surface area contributed by atoms with E-state index in [0.717, 1.165) is 51.4 Å². The Labute approximate surface area is 297 Å². The molecule has 286 valence electrons. The Morgan fingerprint density at radius 3 is 1.31 bits per heavy atom. The molecule has 0 fully saturated rings. The third kappa shape index (κ3) is 33.5. The van der Waals surface area contributed by atoms with E-state index >= 15 is 0 Å². The van der Waals surface area contributed by atoms with Crippen molar-refractivity contribution in [3.05, 3.63) is 12.2 Å². The van der Waals surface area contributed by atoms with Crippen molar-refractivity contribution in [2.24, 2.45) is 0 Å². The lowest BCUT2D eigenvalue weighted by Crippen LogP contribution is -2.50. The average molecular weight is 702 g/mol. The van der Waals surface area contributed by atoms with Crippen LogP contribution in [0.4, 0.5) is 0 Å². The van der Waals surface area contributed by atoms with E-state index in [1.165, 1.54) is 122 Å². The second kappa shape index (κ2) is 34.5. The van der Waals surface area contributed by atoms with Crippen LogP contribution in [0.15, 0.2) is 12.2 Å². The summed E-state index contributed by atoms with van der Waals surface area (Å²) in [6.07, 6.45) is 38.2. The van der Waals surface area contributed by atoms with Gasteiger partial charge in [-0.3, -0.25) is 9.35 Å². The first-order valence-corrected chi connectivity index (χ1v) is 22.1. The Kier molecular flexibility index (Phi) is 33.8. The second-order valence-corrected chi connectivity index (χ2v) is 15.9. The van der Waals surface area contributed by atoms with Crippen LogP contribution in [-0.4, -0.2) is 53.1 Å². The van der Waals surface area contributed by atoms with Gasteiger partial charge in [0.15, 0.2) is 0 Å². The molecule has 0 heterocycles. The Hall–Kier alpha value is -0.960. The molecule has 0 aromatic carbocycles. The zero-order chi connectivity index (χ0) is 35.6. The number of amides is 1. The number of allylic oxidation sites excluding steroid dienone is 2. The lowest BCUT2D eigenvalue weighted by atomic mass is 10.0. The number of hydrogen-bond donors (Lipinski definition) is 4. The van der Waals surface area contributed by atoms with Gasteiger partial charge in [0.1, 0.15) is 6.10 Å². The lowest BCUT2D eigenvalue weighted by molar-refractivity contribution is -0.131. The maximum Gasteiger partial charge on any atom is 0.266 e. The topological polar surface area (TPSA) is 124 Å². The zero-order valence-corrected chi connectivity index (χ0v) is 32.3.